The largest absolute Gasteiger partial charge is 0.303 e. The number of aldehydes is 1. The predicted molar refractivity (Wildman–Crippen MR) is 118 cm³/mol. The zero-order valence-corrected chi connectivity index (χ0v) is 17.7. The van der Waals surface area contributed by atoms with Crippen LogP contribution in [-0.2, 0) is 4.79 Å². The Morgan fingerprint density at radius 3 is 1.19 bits per heavy atom. The lowest BCUT2D eigenvalue weighted by Gasteiger charge is -2.02. The molecule has 0 aliphatic heterocycles. The maximum atomic E-state index is 10.2. The molecule has 0 radical (unpaired) electrons. The maximum Gasteiger partial charge on any atom is 0.120 e. The average Bonchev–Trinajstić information content (AvgIpc) is 2.66. The van der Waals surface area contributed by atoms with E-state index in [0.717, 1.165) is 25.5 Å². The third kappa shape index (κ3) is 23.1. The van der Waals surface area contributed by atoms with Crippen molar-refractivity contribution >= 4 is 6.29 Å². The van der Waals surface area contributed by atoms with Gasteiger partial charge in [0.15, 0.2) is 0 Å². The fourth-order valence-corrected chi connectivity index (χ4v) is 3.28. The maximum absolute atomic E-state index is 10.2. The van der Waals surface area contributed by atoms with Crippen LogP contribution < -0.4 is 0 Å². The van der Waals surface area contributed by atoms with Crippen LogP contribution in [0, 0.1) is 0 Å². The number of hydrogen-bond acceptors (Lipinski definition) is 1. The highest BCUT2D eigenvalue weighted by Crippen LogP contribution is 2.13. The molecule has 0 aromatic heterocycles. The van der Waals surface area contributed by atoms with Crippen LogP contribution in [-0.4, -0.2) is 6.29 Å². The van der Waals surface area contributed by atoms with Gasteiger partial charge in [0.1, 0.15) is 6.29 Å². The van der Waals surface area contributed by atoms with Crippen molar-refractivity contribution in [2.45, 2.75) is 129 Å². The van der Waals surface area contributed by atoms with Crippen molar-refractivity contribution in [2.24, 2.45) is 0 Å². The molecule has 0 heterocycles. The van der Waals surface area contributed by atoms with Crippen LogP contribution in [0.15, 0.2) is 24.3 Å². The molecular weight excluding hydrogens is 316 g/mol. The second-order valence-corrected chi connectivity index (χ2v) is 7.65. The first-order chi connectivity index (χ1) is 12.9. The Bertz CT molecular complexity index is 316. The minimum absolute atomic E-state index is 0.658. The average molecular weight is 363 g/mol. The van der Waals surface area contributed by atoms with E-state index in [9.17, 15) is 4.79 Å². The molecule has 1 heteroatoms. The monoisotopic (exact) mass is 362 g/mol. The van der Waals surface area contributed by atoms with Crippen molar-refractivity contribution in [3.05, 3.63) is 24.3 Å². The van der Waals surface area contributed by atoms with Crippen LogP contribution in [0.4, 0.5) is 0 Å². The highest BCUT2D eigenvalue weighted by atomic mass is 16.1. The summed E-state index contributed by atoms with van der Waals surface area (Å²) in [6, 6.07) is 0. The van der Waals surface area contributed by atoms with Gasteiger partial charge in [-0.2, -0.15) is 0 Å². The summed E-state index contributed by atoms with van der Waals surface area (Å²) in [6.45, 7) is 2.29. The predicted octanol–water partition coefficient (Wildman–Crippen LogP) is 8.73. The van der Waals surface area contributed by atoms with Gasteiger partial charge in [-0.25, -0.2) is 0 Å². The molecule has 152 valence electrons. The summed E-state index contributed by atoms with van der Waals surface area (Å²) in [5, 5.41) is 0. The van der Waals surface area contributed by atoms with Crippen LogP contribution in [0.3, 0.4) is 0 Å². The van der Waals surface area contributed by atoms with E-state index < -0.39 is 0 Å². The first-order valence-corrected chi connectivity index (χ1v) is 11.7. The molecule has 0 fully saturated rings. The molecule has 0 aromatic rings. The first kappa shape index (κ1) is 25.1. The molecule has 0 saturated carbocycles. The quantitative estimate of drug-likeness (QED) is 0.113. The number of unbranched alkanes of at least 4 members (excludes halogenated alkanes) is 16. The Kier molecular flexibility index (Phi) is 23.4. The Morgan fingerprint density at radius 2 is 0.769 bits per heavy atom. The van der Waals surface area contributed by atoms with E-state index >= 15 is 0 Å². The molecule has 0 saturated heterocycles. The molecule has 0 spiro atoms. The summed E-state index contributed by atoms with van der Waals surface area (Å²) in [4.78, 5) is 10.2. The minimum Gasteiger partial charge on any atom is -0.303 e. The van der Waals surface area contributed by atoms with Crippen LogP contribution in [0.5, 0.6) is 0 Å². The summed E-state index contributed by atoms with van der Waals surface area (Å²) in [6.07, 6.45) is 35.0. The first-order valence-electron chi connectivity index (χ1n) is 11.7. The van der Waals surface area contributed by atoms with Crippen molar-refractivity contribution in [1.29, 1.82) is 0 Å². The molecule has 1 nitrogen and oxygen atoms in total. The van der Waals surface area contributed by atoms with Crippen molar-refractivity contribution in [2.75, 3.05) is 0 Å². The van der Waals surface area contributed by atoms with Crippen LogP contribution >= 0.6 is 0 Å². The van der Waals surface area contributed by atoms with Crippen LogP contribution in [0.25, 0.3) is 0 Å². The second-order valence-electron chi connectivity index (χ2n) is 7.65. The van der Waals surface area contributed by atoms with Crippen molar-refractivity contribution in [3.63, 3.8) is 0 Å². The molecular formula is C25H46O. The van der Waals surface area contributed by atoms with Gasteiger partial charge in [-0.3, -0.25) is 0 Å². The van der Waals surface area contributed by atoms with Crippen LogP contribution in [0.1, 0.15) is 129 Å². The number of carbonyl (C=O) groups is 1. The van der Waals surface area contributed by atoms with E-state index in [0.29, 0.717) is 6.42 Å². The smallest absolute Gasteiger partial charge is 0.120 e. The number of carbonyl (C=O) groups excluding carboxylic acids is 1. The molecule has 0 unspecified atom stereocenters. The van der Waals surface area contributed by atoms with Crippen molar-refractivity contribution < 1.29 is 4.79 Å². The van der Waals surface area contributed by atoms with E-state index in [2.05, 4.69) is 31.2 Å². The lowest BCUT2D eigenvalue weighted by molar-refractivity contribution is -0.107. The van der Waals surface area contributed by atoms with Gasteiger partial charge in [-0.15, -0.1) is 0 Å². The summed E-state index contributed by atoms with van der Waals surface area (Å²) in [7, 11) is 0. The molecule has 0 N–H and O–H groups in total. The van der Waals surface area contributed by atoms with E-state index in [1.165, 1.54) is 96.3 Å². The summed E-state index contributed by atoms with van der Waals surface area (Å²) >= 11 is 0. The van der Waals surface area contributed by atoms with Gasteiger partial charge in [-0.05, 0) is 32.1 Å². The van der Waals surface area contributed by atoms with E-state index in [1.54, 1.807) is 0 Å². The van der Waals surface area contributed by atoms with Gasteiger partial charge in [0.25, 0.3) is 0 Å². The third-order valence-electron chi connectivity index (χ3n) is 5.01. The fourth-order valence-electron chi connectivity index (χ4n) is 3.28. The number of hydrogen-bond donors (Lipinski definition) is 0. The van der Waals surface area contributed by atoms with Gasteiger partial charge < -0.3 is 4.79 Å². The Labute approximate surface area is 164 Å². The van der Waals surface area contributed by atoms with Gasteiger partial charge >= 0.3 is 0 Å². The second kappa shape index (κ2) is 24.1. The molecule has 26 heavy (non-hydrogen) atoms. The third-order valence-corrected chi connectivity index (χ3v) is 5.01. The zero-order valence-electron chi connectivity index (χ0n) is 17.7. The topological polar surface area (TPSA) is 17.1 Å². The van der Waals surface area contributed by atoms with Gasteiger partial charge in [0, 0.05) is 6.42 Å². The molecule has 0 aromatic carbocycles. The van der Waals surface area contributed by atoms with E-state index in [1.807, 2.05) is 0 Å². The molecule has 0 aliphatic carbocycles. The summed E-state index contributed by atoms with van der Waals surface area (Å²) in [5.74, 6) is 0. The van der Waals surface area contributed by atoms with E-state index in [-0.39, 0.29) is 0 Å². The Hall–Kier alpha value is -0.850. The number of allylic oxidation sites excluding steroid dienone is 4. The zero-order chi connectivity index (χ0) is 19.0. The molecule has 0 bridgehead atoms. The molecule has 0 rings (SSSR count). The standard InChI is InChI=1S/C25H46O/c1-2-3-4-5-6-7-8-9-10-11-12-13-14-15-16-17-18-19-20-21-22-23-24-25-26/h17-18,21-22,25H,2-16,19-20,23-24H2,1H3/b18-17-,22-21-. The Morgan fingerprint density at radius 1 is 0.423 bits per heavy atom. The van der Waals surface area contributed by atoms with Gasteiger partial charge in [-0.1, -0.05) is 115 Å². The Balaban J connectivity index is 3.09. The summed E-state index contributed by atoms with van der Waals surface area (Å²) in [5.41, 5.74) is 0. The molecule has 0 atom stereocenters. The van der Waals surface area contributed by atoms with Gasteiger partial charge in [0.2, 0.25) is 0 Å². The SMILES string of the molecule is CCCCCCCCCCCCCCCC/C=C\CC/C=C\CCC=O. The van der Waals surface area contributed by atoms with E-state index in [4.69, 9.17) is 0 Å². The summed E-state index contributed by atoms with van der Waals surface area (Å²) < 4.78 is 0. The normalized spacial score (nSPS) is 11.7. The number of rotatable bonds is 21. The molecule has 0 aliphatic rings. The lowest BCUT2D eigenvalue weighted by atomic mass is 10.0. The lowest BCUT2D eigenvalue weighted by Crippen LogP contribution is -1.83. The minimum atomic E-state index is 0.658. The van der Waals surface area contributed by atoms with Gasteiger partial charge in [0.05, 0.1) is 0 Å². The highest BCUT2D eigenvalue weighted by Gasteiger charge is 1.93. The molecule has 0 amide bonds. The highest BCUT2D eigenvalue weighted by molar-refractivity contribution is 5.49. The fraction of sp³-hybridized carbons (Fsp3) is 0.800. The van der Waals surface area contributed by atoms with Crippen molar-refractivity contribution in [3.8, 4) is 0 Å². The van der Waals surface area contributed by atoms with Crippen molar-refractivity contribution in [1.82, 2.24) is 0 Å². The van der Waals surface area contributed by atoms with Crippen LogP contribution in [0.2, 0.25) is 0 Å².